The molecule has 3 aromatic rings. The first-order chi connectivity index (χ1) is 20.6. The molecule has 1 aliphatic carbocycles. The van der Waals surface area contributed by atoms with Gasteiger partial charge >= 0.3 is 6.09 Å². The van der Waals surface area contributed by atoms with Crippen molar-refractivity contribution in [3.63, 3.8) is 0 Å². The second-order valence-electron chi connectivity index (χ2n) is 11.0. The minimum Gasteiger partial charge on any atom is -0.453 e. The van der Waals surface area contributed by atoms with Crippen molar-refractivity contribution in [1.29, 1.82) is 5.41 Å². The van der Waals surface area contributed by atoms with Crippen LogP contribution in [0.25, 0.3) is 6.08 Å². The lowest BCUT2D eigenvalue weighted by atomic mass is 9.73. The van der Waals surface area contributed by atoms with Gasteiger partial charge < -0.3 is 41.0 Å². The summed E-state index contributed by atoms with van der Waals surface area (Å²) in [6.45, 7) is 2.46. The number of alkyl carbamates (subject to hydrolysis) is 1. The van der Waals surface area contributed by atoms with Crippen LogP contribution in [0.15, 0.2) is 42.9 Å². The summed E-state index contributed by atoms with van der Waals surface area (Å²) in [5, 5.41) is 14.4. The van der Waals surface area contributed by atoms with Crippen LogP contribution in [0, 0.1) is 23.0 Å². The Morgan fingerprint density at radius 1 is 1.23 bits per heavy atom. The molecule has 5 rings (SSSR count). The number of pyridine rings is 1. The fourth-order valence-corrected chi connectivity index (χ4v) is 5.80. The molecule has 2 fully saturated rings. The Kier molecular flexibility index (Phi) is 8.85. The van der Waals surface area contributed by atoms with Crippen molar-refractivity contribution in [2.24, 2.45) is 11.7 Å². The van der Waals surface area contributed by atoms with Crippen molar-refractivity contribution in [1.82, 2.24) is 20.3 Å². The van der Waals surface area contributed by atoms with E-state index in [0.29, 0.717) is 23.6 Å². The molecule has 1 aromatic carbocycles. The molecule has 0 spiro atoms. The number of benzene rings is 1. The summed E-state index contributed by atoms with van der Waals surface area (Å²) < 4.78 is 45.2. The molecule has 6 N–H and O–H groups in total. The second-order valence-corrected chi connectivity index (χ2v) is 11.0. The number of aromatic amines is 1. The molecule has 3 heterocycles. The van der Waals surface area contributed by atoms with Crippen LogP contribution in [0.1, 0.15) is 48.1 Å². The molecule has 2 aromatic heterocycles. The normalized spacial score (nSPS) is 23.0. The predicted molar refractivity (Wildman–Crippen MR) is 156 cm³/mol. The summed E-state index contributed by atoms with van der Waals surface area (Å²) >= 11 is 0. The van der Waals surface area contributed by atoms with Crippen molar-refractivity contribution in [2.75, 3.05) is 32.8 Å². The number of nitrogens with one attached hydrogen (secondary N) is 4. The average Bonchev–Trinajstić information content (AvgIpc) is 3.40. The van der Waals surface area contributed by atoms with Crippen LogP contribution in [0.5, 0.6) is 0 Å². The molecular formula is C30H35F2N7O4. The van der Waals surface area contributed by atoms with Crippen molar-refractivity contribution >= 4 is 29.5 Å². The van der Waals surface area contributed by atoms with Crippen molar-refractivity contribution < 1.29 is 27.8 Å². The van der Waals surface area contributed by atoms with E-state index in [9.17, 15) is 13.6 Å². The van der Waals surface area contributed by atoms with Gasteiger partial charge in [-0.2, -0.15) is 0 Å². The zero-order valence-corrected chi connectivity index (χ0v) is 24.1. The van der Waals surface area contributed by atoms with E-state index in [1.165, 1.54) is 38.5 Å². The molecule has 1 amide bonds. The van der Waals surface area contributed by atoms with Crippen LogP contribution < -0.4 is 16.4 Å². The van der Waals surface area contributed by atoms with Crippen molar-refractivity contribution in [3.05, 3.63) is 76.9 Å². The van der Waals surface area contributed by atoms with E-state index in [4.69, 9.17) is 25.4 Å². The highest BCUT2D eigenvalue weighted by Gasteiger charge is 2.42. The molecule has 13 heteroatoms. The molecule has 4 unspecified atom stereocenters. The molecule has 1 saturated carbocycles. The van der Waals surface area contributed by atoms with E-state index >= 15 is 0 Å². The number of carbonyl (C=O) groups is 1. The monoisotopic (exact) mass is 595 g/mol. The van der Waals surface area contributed by atoms with Crippen molar-refractivity contribution in [2.45, 2.75) is 43.4 Å². The highest BCUT2D eigenvalue weighted by Crippen LogP contribution is 2.39. The lowest BCUT2D eigenvalue weighted by Gasteiger charge is -2.40. The number of imidazole rings is 1. The summed E-state index contributed by atoms with van der Waals surface area (Å²) in [5.41, 5.74) is 7.43. The van der Waals surface area contributed by atoms with Gasteiger partial charge in [0.15, 0.2) is 0 Å². The third-order valence-corrected chi connectivity index (χ3v) is 8.23. The van der Waals surface area contributed by atoms with E-state index in [1.54, 1.807) is 18.6 Å². The first kappa shape index (κ1) is 30.3. The Morgan fingerprint density at radius 3 is 2.60 bits per heavy atom. The van der Waals surface area contributed by atoms with Crippen LogP contribution >= 0.6 is 0 Å². The fourth-order valence-electron chi connectivity index (χ4n) is 5.80. The maximum absolute atomic E-state index is 14.9. The topological polar surface area (TPSA) is 160 Å². The Bertz CT molecular complexity index is 1480. The number of rotatable bonds is 9. The number of anilines is 2. The maximum atomic E-state index is 14.9. The van der Waals surface area contributed by atoms with E-state index < -0.39 is 28.9 Å². The van der Waals surface area contributed by atoms with Gasteiger partial charge in [-0.15, -0.1) is 0 Å². The van der Waals surface area contributed by atoms with Crippen LogP contribution in [0.4, 0.5) is 25.2 Å². The lowest BCUT2D eigenvalue weighted by Crippen LogP contribution is -2.54. The third-order valence-electron chi connectivity index (χ3n) is 8.23. The number of carbonyl (C=O) groups excluding carboxylic acids is 1. The minimum atomic E-state index is -0.878. The Balaban J connectivity index is 1.26. The number of nitrogens with two attached hydrogens (primary N) is 1. The molecule has 0 bridgehead atoms. The minimum absolute atomic E-state index is 0.115. The van der Waals surface area contributed by atoms with Crippen molar-refractivity contribution in [3.8, 4) is 0 Å². The number of H-pyrrole nitrogens is 1. The second kappa shape index (κ2) is 12.6. The van der Waals surface area contributed by atoms with E-state index in [1.807, 2.05) is 6.07 Å². The summed E-state index contributed by atoms with van der Waals surface area (Å²) in [6, 6.07) is 3.85. The Labute approximate surface area is 247 Å². The highest BCUT2D eigenvalue weighted by molar-refractivity contribution is 6.09. The Hall–Kier alpha value is -4.20. The van der Waals surface area contributed by atoms with Crippen LogP contribution in [-0.4, -0.2) is 66.3 Å². The Morgan fingerprint density at radius 2 is 1.98 bits per heavy atom. The van der Waals surface area contributed by atoms with Crippen LogP contribution in [0.2, 0.25) is 0 Å². The molecule has 43 heavy (non-hydrogen) atoms. The number of aromatic nitrogens is 3. The molecule has 11 nitrogen and oxygen atoms in total. The molecule has 4 atom stereocenters. The summed E-state index contributed by atoms with van der Waals surface area (Å²) in [4.78, 5) is 23.5. The van der Waals surface area contributed by atoms with Gasteiger partial charge in [0.25, 0.3) is 0 Å². The van der Waals surface area contributed by atoms with Gasteiger partial charge in [-0.1, -0.05) is 6.92 Å². The molecule has 2 aliphatic rings. The van der Waals surface area contributed by atoms with E-state index in [0.717, 1.165) is 17.7 Å². The molecular weight excluding hydrogens is 560 g/mol. The molecule has 1 aliphatic heterocycles. The van der Waals surface area contributed by atoms with Gasteiger partial charge in [-0.05, 0) is 66.2 Å². The number of hydrogen-bond acceptors (Lipinski definition) is 9. The van der Waals surface area contributed by atoms with Gasteiger partial charge in [0.2, 0.25) is 5.95 Å². The highest BCUT2D eigenvalue weighted by atomic mass is 19.1. The third kappa shape index (κ3) is 6.28. The molecule has 228 valence electrons. The number of hydrogen-bond donors (Lipinski definition) is 5. The maximum Gasteiger partial charge on any atom is 0.407 e. The lowest BCUT2D eigenvalue weighted by molar-refractivity contribution is -0.202. The number of methoxy groups -OCH3 is 2. The standard InChI is InChI=1S/C30H35F2N7O4/c1-16-8-17(9-24(34)27(16)39-29(40)41-2)20-6-7-35-13-25(20)38-28-36-12-19(37-28)4-5-23(33)26-21(31)10-18(11-22(26)32)30(42-3)14-43-15-30/h4-7,10-13,16-17,24,27,33H,8-9,14-15,34H2,1-3H3,(H,39,40)(H2,36,37,38)/b5-4-,33-23?. The number of amides is 1. The number of allylic oxidation sites excluding steroid dienone is 1. The average molecular weight is 596 g/mol. The fraction of sp³-hybridized carbons (Fsp3) is 0.400. The summed E-state index contributed by atoms with van der Waals surface area (Å²) in [7, 11) is 2.79. The number of nitrogens with zero attached hydrogens (tertiary/aromatic N) is 2. The quantitative estimate of drug-likeness (QED) is 0.228. The van der Waals surface area contributed by atoms with Crippen LogP contribution in [0.3, 0.4) is 0 Å². The van der Waals surface area contributed by atoms with Gasteiger partial charge in [-0.3, -0.25) is 4.98 Å². The smallest absolute Gasteiger partial charge is 0.407 e. The first-order valence-corrected chi connectivity index (χ1v) is 13.9. The van der Waals surface area contributed by atoms with E-state index in [2.05, 4.69) is 32.5 Å². The molecule has 0 radical (unpaired) electrons. The van der Waals surface area contributed by atoms with Gasteiger partial charge in [-0.25, -0.2) is 18.6 Å². The van der Waals surface area contributed by atoms with Crippen LogP contribution in [-0.2, 0) is 19.8 Å². The van der Waals surface area contributed by atoms with Gasteiger partial charge in [0.1, 0.15) is 17.2 Å². The van der Waals surface area contributed by atoms with E-state index in [-0.39, 0.29) is 42.8 Å². The molecule has 1 saturated heterocycles. The zero-order chi connectivity index (χ0) is 30.7. The summed E-state index contributed by atoms with van der Waals surface area (Å²) in [6.07, 6.45) is 8.74. The number of halogens is 2. The van der Waals surface area contributed by atoms with Gasteiger partial charge in [0.05, 0.1) is 55.4 Å². The predicted octanol–water partition coefficient (Wildman–Crippen LogP) is 4.35. The zero-order valence-electron chi connectivity index (χ0n) is 24.1. The SMILES string of the molecule is COC(=O)NC1C(C)CC(c2ccncc2Nc2ncc(/C=C\C(=N)c3c(F)cc(C4(OC)COC4)cc3F)[nH]2)CC1N. The number of ether oxygens (including phenoxy) is 3. The first-order valence-electron chi connectivity index (χ1n) is 13.9. The largest absolute Gasteiger partial charge is 0.453 e. The summed E-state index contributed by atoms with van der Waals surface area (Å²) in [5.74, 6) is -1.05. The van der Waals surface area contributed by atoms with Gasteiger partial charge in [0, 0.05) is 25.4 Å².